The van der Waals surface area contributed by atoms with Crippen LogP contribution in [0.3, 0.4) is 0 Å². The largest absolute Gasteiger partial charge is 0.399 e. The lowest BCUT2D eigenvalue weighted by Crippen LogP contribution is -2.32. The van der Waals surface area contributed by atoms with Crippen LogP contribution in [0.5, 0.6) is 0 Å². The van der Waals surface area contributed by atoms with E-state index < -0.39 is 0 Å². The summed E-state index contributed by atoms with van der Waals surface area (Å²) in [6, 6.07) is 16.0. The molecule has 2 aromatic rings. The molecular weight excluding hydrogens is 284 g/mol. The highest BCUT2D eigenvalue weighted by Crippen LogP contribution is 2.22. The number of hydrogen-bond acceptors (Lipinski definition) is 2. The predicted molar refractivity (Wildman–Crippen MR) is 96.1 cm³/mol. The lowest BCUT2D eigenvalue weighted by Gasteiger charge is -2.23. The summed E-state index contributed by atoms with van der Waals surface area (Å²) in [5.41, 5.74) is 9.85. The summed E-state index contributed by atoms with van der Waals surface area (Å²) in [6.07, 6.45) is 1.37. The van der Waals surface area contributed by atoms with Gasteiger partial charge in [-0.15, -0.1) is 0 Å². The second kappa shape index (κ2) is 7.82. The van der Waals surface area contributed by atoms with E-state index in [4.69, 9.17) is 5.73 Å². The minimum atomic E-state index is 0.0221. The molecular formula is C20H26N2O. The first-order chi connectivity index (χ1) is 11.0. The molecule has 23 heavy (non-hydrogen) atoms. The predicted octanol–water partition coefficient (Wildman–Crippen LogP) is 3.89. The minimum absolute atomic E-state index is 0.0221. The fourth-order valence-corrected chi connectivity index (χ4v) is 2.71. The molecule has 0 fully saturated rings. The van der Waals surface area contributed by atoms with E-state index in [1.54, 1.807) is 0 Å². The van der Waals surface area contributed by atoms with Crippen molar-refractivity contribution in [1.82, 2.24) is 5.32 Å². The molecule has 3 N–H and O–H groups in total. The van der Waals surface area contributed by atoms with Crippen LogP contribution in [-0.4, -0.2) is 5.91 Å². The number of carbonyl (C=O) groups is 1. The highest BCUT2D eigenvalue weighted by atomic mass is 16.1. The summed E-state index contributed by atoms with van der Waals surface area (Å²) in [5, 5.41) is 3.16. The molecule has 1 amide bonds. The van der Waals surface area contributed by atoms with Crippen LogP contribution < -0.4 is 11.1 Å². The van der Waals surface area contributed by atoms with Gasteiger partial charge in [-0.1, -0.05) is 57.2 Å². The maximum atomic E-state index is 12.4. The number of hydrogen-bond donors (Lipinski definition) is 2. The van der Waals surface area contributed by atoms with Crippen molar-refractivity contribution in [2.24, 2.45) is 5.92 Å². The summed E-state index contributed by atoms with van der Waals surface area (Å²) in [7, 11) is 0. The quantitative estimate of drug-likeness (QED) is 0.795. The Morgan fingerprint density at radius 1 is 1.09 bits per heavy atom. The Labute approximate surface area is 138 Å². The van der Waals surface area contributed by atoms with Gasteiger partial charge < -0.3 is 11.1 Å². The summed E-state index contributed by atoms with van der Waals surface area (Å²) in [5.74, 6) is 0.348. The number of anilines is 1. The molecule has 0 aromatic heterocycles. The number of aryl methyl sites for hydroxylation is 1. The van der Waals surface area contributed by atoms with Crippen molar-refractivity contribution in [3.8, 4) is 0 Å². The number of carbonyl (C=O) groups excluding carboxylic acids is 1. The molecule has 3 nitrogen and oxygen atoms in total. The van der Waals surface area contributed by atoms with Crippen molar-refractivity contribution in [2.45, 2.75) is 39.7 Å². The molecule has 1 unspecified atom stereocenters. The summed E-state index contributed by atoms with van der Waals surface area (Å²) >= 11 is 0. The van der Waals surface area contributed by atoms with Gasteiger partial charge in [-0.05, 0) is 41.2 Å². The molecule has 2 aromatic carbocycles. The Bertz CT molecular complexity index is 647. The first-order valence-corrected chi connectivity index (χ1v) is 8.22. The standard InChI is InChI=1S/C20H26N2O/c1-4-15-8-10-17(11-9-15)20(14(2)3)22-19(23)13-16-6-5-7-18(21)12-16/h5-12,14,20H,4,13,21H2,1-3H3,(H,22,23). The topological polar surface area (TPSA) is 55.1 Å². The van der Waals surface area contributed by atoms with Crippen molar-refractivity contribution in [1.29, 1.82) is 0 Å². The van der Waals surface area contributed by atoms with E-state index in [-0.39, 0.29) is 11.9 Å². The van der Waals surface area contributed by atoms with E-state index in [0.29, 0.717) is 18.0 Å². The molecule has 0 aliphatic rings. The molecule has 0 heterocycles. The zero-order chi connectivity index (χ0) is 16.8. The van der Waals surface area contributed by atoms with Crippen molar-refractivity contribution < 1.29 is 4.79 Å². The molecule has 0 aliphatic heterocycles. The Morgan fingerprint density at radius 3 is 2.35 bits per heavy atom. The second-order valence-corrected chi connectivity index (χ2v) is 6.31. The zero-order valence-corrected chi connectivity index (χ0v) is 14.2. The van der Waals surface area contributed by atoms with Crippen molar-refractivity contribution in [3.63, 3.8) is 0 Å². The van der Waals surface area contributed by atoms with Gasteiger partial charge in [-0.2, -0.15) is 0 Å². The van der Waals surface area contributed by atoms with Crippen molar-refractivity contribution >= 4 is 11.6 Å². The highest BCUT2D eigenvalue weighted by molar-refractivity contribution is 5.79. The van der Waals surface area contributed by atoms with Gasteiger partial charge in [0, 0.05) is 5.69 Å². The third-order valence-electron chi connectivity index (χ3n) is 4.05. The molecule has 1 atom stereocenters. The van der Waals surface area contributed by atoms with E-state index in [1.807, 2.05) is 24.3 Å². The lowest BCUT2D eigenvalue weighted by atomic mass is 9.94. The molecule has 0 bridgehead atoms. The van der Waals surface area contributed by atoms with Crippen LogP contribution in [0.25, 0.3) is 0 Å². The molecule has 0 radical (unpaired) electrons. The van der Waals surface area contributed by atoms with E-state index in [9.17, 15) is 4.79 Å². The van der Waals surface area contributed by atoms with Crippen LogP contribution in [0.4, 0.5) is 5.69 Å². The third-order valence-corrected chi connectivity index (χ3v) is 4.05. The van der Waals surface area contributed by atoms with Gasteiger partial charge in [0.05, 0.1) is 12.5 Å². The maximum absolute atomic E-state index is 12.4. The first-order valence-electron chi connectivity index (χ1n) is 8.22. The normalized spacial score (nSPS) is 12.2. The number of nitrogens with one attached hydrogen (secondary N) is 1. The van der Waals surface area contributed by atoms with Gasteiger partial charge in [-0.3, -0.25) is 4.79 Å². The van der Waals surface area contributed by atoms with E-state index in [2.05, 4.69) is 50.4 Å². The Kier molecular flexibility index (Phi) is 5.80. The minimum Gasteiger partial charge on any atom is -0.399 e. The monoisotopic (exact) mass is 310 g/mol. The molecule has 3 heteroatoms. The molecule has 2 rings (SSSR count). The van der Waals surface area contributed by atoms with Crippen LogP contribution in [0, 0.1) is 5.92 Å². The Morgan fingerprint density at radius 2 is 1.78 bits per heavy atom. The van der Waals surface area contributed by atoms with Crippen LogP contribution in [0.15, 0.2) is 48.5 Å². The van der Waals surface area contributed by atoms with E-state index >= 15 is 0 Å². The Hall–Kier alpha value is -2.29. The van der Waals surface area contributed by atoms with Crippen molar-refractivity contribution in [3.05, 3.63) is 65.2 Å². The average Bonchev–Trinajstić information content (AvgIpc) is 2.52. The molecule has 0 saturated heterocycles. The highest BCUT2D eigenvalue weighted by Gasteiger charge is 2.18. The summed E-state index contributed by atoms with van der Waals surface area (Å²) in [4.78, 5) is 12.4. The summed E-state index contributed by atoms with van der Waals surface area (Å²) in [6.45, 7) is 6.39. The summed E-state index contributed by atoms with van der Waals surface area (Å²) < 4.78 is 0. The zero-order valence-electron chi connectivity index (χ0n) is 14.2. The Balaban J connectivity index is 2.07. The molecule has 0 aliphatic carbocycles. The molecule has 122 valence electrons. The van der Waals surface area contributed by atoms with Gasteiger partial charge in [0.1, 0.15) is 0 Å². The third kappa shape index (κ3) is 4.85. The van der Waals surface area contributed by atoms with Gasteiger partial charge in [0.25, 0.3) is 0 Å². The van der Waals surface area contributed by atoms with Crippen molar-refractivity contribution in [2.75, 3.05) is 5.73 Å². The van der Waals surface area contributed by atoms with E-state index in [1.165, 1.54) is 5.56 Å². The van der Waals surface area contributed by atoms with Crippen LogP contribution in [0.1, 0.15) is 43.5 Å². The smallest absolute Gasteiger partial charge is 0.224 e. The van der Waals surface area contributed by atoms with Gasteiger partial charge >= 0.3 is 0 Å². The van der Waals surface area contributed by atoms with Crippen LogP contribution in [-0.2, 0) is 17.6 Å². The average molecular weight is 310 g/mol. The maximum Gasteiger partial charge on any atom is 0.224 e. The number of nitrogen functional groups attached to an aromatic ring is 1. The fraction of sp³-hybridized carbons (Fsp3) is 0.350. The lowest BCUT2D eigenvalue weighted by molar-refractivity contribution is -0.121. The van der Waals surface area contributed by atoms with Gasteiger partial charge in [0.15, 0.2) is 0 Å². The van der Waals surface area contributed by atoms with Crippen LogP contribution in [0.2, 0.25) is 0 Å². The number of rotatable bonds is 6. The van der Waals surface area contributed by atoms with Gasteiger partial charge in [-0.25, -0.2) is 0 Å². The van der Waals surface area contributed by atoms with Crippen LogP contribution >= 0.6 is 0 Å². The second-order valence-electron chi connectivity index (χ2n) is 6.31. The number of benzene rings is 2. The van der Waals surface area contributed by atoms with E-state index in [0.717, 1.165) is 17.5 Å². The first kappa shape index (κ1) is 17.1. The number of nitrogens with two attached hydrogens (primary N) is 1. The number of amides is 1. The molecule has 0 spiro atoms. The molecule has 0 saturated carbocycles. The SMILES string of the molecule is CCc1ccc(C(NC(=O)Cc2cccc(N)c2)C(C)C)cc1. The fourth-order valence-electron chi connectivity index (χ4n) is 2.71. The van der Waals surface area contributed by atoms with Gasteiger partial charge in [0.2, 0.25) is 5.91 Å².